The van der Waals surface area contributed by atoms with Crippen LogP contribution in [0.2, 0.25) is 5.02 Å². The van der Waals surface area contributed by atoms with Gasteiger partial charge in [-0.1, -0.05) is 29.8 Å². The minimum absolute atomic E-state index is 0.225. The van der Waals surface area contributed by atoms with Gasteiger partial charge in [0.2, 0.25) is 0 Å². The van der Waals surface area contributed by atoms with Crippen molar-refractivity contribution in [2.75, 3.05) is 0 Å². The van der Waals surface area contributed by atoms with Crippen LogP contribution in [0.15, 0.2) is 42.5 Å². The summed E-state index contributed by atoms with van der Waals surface area (Å²) in [6, 6.07) is 12.2. The molecule has 0 nitrogen and oxygen atoms in total. The molecule has 0 saturated carbocycles. The normalized spacial score (nSPS) is 10.3. The molecule has 0 spiro atoms. The third kappa shape index (κ3) is 2.37. The first-order valence-electron chi connectivity index (χ1n) is 4.68. The van der Waals surface area contributed by atoms with Crippen molar-refractivity contribution in [3.63, 3.8) is 0 Å². The molecule has 15 heavy (non-hydrogen) atoms. The highest BCUT2D eigenvalue weighted by molar-refractivity contribution is 6.30. The second-order valence-electron chi connectivity index (χ2n) is 3.52. The Balaban J connectivity index is 2.49. The molecule has 0 fully saturated rings. The zero-order valence-corrected chi connectivity index (χ0v) is 9.05. The molecule has 0 atom stereocenters. The third-order valence-electron chi connectivity index (χ3n) is 2.22. The van der Waals surface area contributed by atoms with Gasteiger partial charge < -0.3 is 0 Å². The van der Waals surface area contributed by atoms with E-state index in [1.54, 1.807) is 12.1 Å². The van der Waals surface area contributed by atoms with Crippen molar-refractivity contribution in [3.8, 4) is 11.1 Å². The van der Waals surface area contributed by atoms with Gasteiger partial charge in [0.1, 0.15) is 5.82 Å². The monoisotopic (exact) mass is 220 g/mol. The molecular weight excluding hydrogens is 211 g/mol. The summed E-state index contributed by atoms with van der Waals surface area (Å²) >= 11 is 5.96. The van der Waals surface area contributed by atoms with Crippen LogP contribution in [-0.4, -0.2) is 0 Å². The van der Waals surface area contributed by atoms with Crippen molar-refractivity contribution in [3.05, 3.63) is 58.9 Å². The largest absolute Gasteiger partial charge is 0.207 e. The molecule has 0 unspecified atom stereocenters. The van der Waals surface area contributed by atoms with Crippen molar-refractivity contribution in [2.24, 2.45) is 0 Å². The molecule has 0 saturated heterocycles. The molecule has 0 amide bonds. The maximum atomic E-state index is 12.7. The molecular formula is C13H10ClF. The van der Waals surface area contributed by atoms with Crippen LogP contribution in [0.25, 0.3) is 11.1 Å². The average Bonchev–Trinajstić information content (AvgIpc) is 2.17. The van der Waals surface area contributed by atoms with Crippen LogP contribution in [0.5, 0.6) is 0 Å². The fourth-order valence-corrected chi connectivity index (χ4v) is 1.83. The number of hydrogen-bond donors (Lipinski definition) is 0. The predicted molar refractivity (Wildman–Crippen MR) is 61.6 cm³/mol. The van der Waals surface area contributed by atoms with E-state index in [1.165, 1.54) is 12.1 Å². The number of halogens is 2. The van der Waals surface area contributed by atoms with Gasteiger partial charge in [-0.3, -0.25) is 0 Å². The molecule has 2 heteroatoms. The minimum Gasteiger partial charge on any atom is -0.207 e. The lowest BCUT2D eigenvalue weighted by Crippen LogP contribution is -1.81. The second kappa shape index (κ2) is 4.03. The quantitative estimate of drug-likeness (QED) is 0.666. The Morgan fingerprint density at radius 3 is 2.20 bits per heavy atom. The van der Waals surface area contributed by atoms with E-state index in [-0.39, 0.29) is 5.82 Å². The van der Waals surface area contributed by atoms with E-state index in [1.807, 2.05) is 25.1 Å². The van der Waals surface area contributed by atoms with Crippen LogP contribution in [-0.2, 0) is 0 Å². The third-order valence-corrected chi connectivity index (χ3v) is 2.44. The van der Waals surface area contributed by atoms with E-state index >= 15 is 0 Å². The van der Waals surface area contributed by atoms with Gasteiger partial charge in [0.05, 0.1) is 0 Å². The maximum Gasteiger partial charge on any atom is 0.123 e. The van der Waals surface area contributed by atoms with Crippen LogP contribution in [0.4, 0.5) is 4.39 Å². The maximum absolute atomic E-state index is 12.7. The molecule has 0 N–H and O–H groups in total. The standard InChI is InChI=1S/C13H10ClF/c1-9-6-11(8-12(14)7-9)10-2-4-13(15)5-3-10/h2-8H,1H3. The number of hydrogen-bond acceptors (Lipinski definition) is 0. The second-order valence-corrected chi connectivity index (χ2v) is 3.96. The fraction of sp³-hybridized carbons (Fsp3) is 0.0769. The lowest BCUT2D eigenvalue weighted by atomic mass is 10.0. The van der Waals surface area contributed by atoms with E-state index in [4.69, 9.17) is 11.6 Å². The molecule has 0 aliphatic rings. The van der Waals surface area contributed by atoms with Crippen molar-refractivity contribution in [2.45, 2.75) is 6.92 Å². The zero-order chi connectivity index (χ0) is 10.8. The van der Waals surface area contributed by atoms with Gasteiger partial charge in [-0.2, -0.15) is 0 Å². The Morgan fingerprint density at radius 2 is 1.60 bits per heavy atom. The first-order chi connectivity index (χ1) is 7.15. The number of benzene rings is 2. The summed E-state index contributed by atoms with van der Waals surface area (Å²) in [5.74, 6) is -0.225. The minimum atomic E-state index is -0.225. The van der Waals surface area contributed by atoms with E-state index in [0.29, 0.717) is 5.02 Å². The Hall–Kier alpha value is -1.34. The van der Waals surface area contributed by atoms with Crippen LogP contribution in [0.3, 0.4) is 0 Å². The van der Waals surface area contributed by atoms with Gasteiger partial charge in [-0.25, -0.2) is 4.39 Å². The predicted octanol–water partition coefficient (Wildman–Crippen LogP) is 4.45. The van der Waals surface area contributed by atoms with Gasteiger partial charge >= 0.3 is 0 Å². The van der Waals surface area contributed by atoms with Crippen LogP contribution in [0, 0.1) is 12.7 Å². The topological polar surface area (TPSA) is 0 Å². The Kier molecular flexibility index (Phi) is 2.74. The summed E-state index contributed by atoms with van der Waals surface area (Å²) in [4.78, 5) is 0. The van der Waals surface area contributed by atoms with Crippen molar-refractivity contribution >= 4 is 11.6 Å². The molecule has 0 radical (unpaired) electrons. The lowest BCUT2D eigenvalue weighted by molar-refractivity contribution is 0.628. The van der Waals surface area contributed by atoms with Gasteiger partial charge in [0.15, 0.2) is 0 Å². The molecule has 0 aliphatic carbocycles. The van der Waals surface area contributed by atoms with E-state index < -0.39 is 0 Å². The van der Waals surface area contributed by atoms with E-state index in [0.717, 1.165) is 16.7 Å². The average molecular weight is 221 g/mol. The van der Waals surface area contributed by atoms with Crippen LogP contribution < -0.4 is 0 Å². The lowest BCUT2D eigenvalue weighted by Gasteiger charge is -2.04. The molecule has 2 aromatic rings. The molecule has 2 rings (SSSR count). The van der Waals surface area contributed by atoms with Gasteiger partial charge in [0.25, 0.3) is 0 Å². The smallest absolute Gasteiger partial charge is 0.123 e. The molecule has 0 bridgehead atoms. The summed E-state index contributed by atoms with van der Waals surface area (Å²) in [5.41, 5.74) is 3.09. The highest BCUT2D eigenvalue weighted by atomic mass is 35.5. The van der Waals surface area contributed by atoms with E-state index in [9.17, 15) is 4.39 Å². The summed E-state index contributed by atoms with van der Waals surface area (Å²) in [6.45, 7) is 1.99. The van der Waals surface area contributed by atoms with Crippen molar-refractivity contribution in [1.29, 1.82) is 0 Å². The summed E-state index contributed by atoms with van der Waals surface area (Å²) < 4.78 is 12.7. The molecule has 2 aromatic carbocycles. The zero-order valence-electron chi connectivity index (χ0n) is 8.30. The molecule has 0 aliphatic heterocycles. The van der Waals surface area contributed by atoms with Crippen LogP contribution >= 0.6 is 11.6 Å². The first-order valence-corrected chi connectivity index (χ1v) is 5.06. The SMILES string of the molecule is Cc1cc(Cl)cc(-c2ccc(F)cc2)c1. The van der Waals surface area contributed by atoms with Gasteiger partial charge in [-0.15, -0.1) is 0 Å². The Labute approximate surface area is 93.3 Å². The summed E-state index contributed by atoms with van der Waals surface area (Å²) in [7, 11) is 0. The number of rotatable bonds is 1. The summed E-state index contributed by atoms with van der Waals surface area (Å²) in [6.07, 6.45) is 0. The van der Waals surface area contributed by atoms with E-state index in [2.05, 4.69) is 0 Å². The Bertz CT molecular complexity index is 454. The molecule has 76 valence electrons. The van der Waals surface area contributed by atoms with Crippen molar-refractivity contribution < 1.29 is 4.39 Å². The molecule has 0 heterocycles. The summed E-state index contributed by atoms with van der Waals surface area (Å²) in [5, 5.41) is 0.703. The molecule has 0 aromatic heterocycles. The van der Waals surface area contributed by atoms with Crippen molar-refractivity contribution in [1.82, 2.24) is 0 Å². The van der Waals surface area contributed by atoms with Gasteiger partial charge in [-0.05, 0) is 47.9 Å². The fourth-order valence-electron chi connectivity index (χ4n) is 1.55. The highest BCUT2D eigenvalue weighted by Crippen LogP contribution is 2.24. The number of aryl methyl sites for hydroxylation is 1. The van der Waals surface area contributed by atoms with Crippen LogP contribution in [0.1, 0.15) is 5.56 Å². The first kappa shape index (κ1) is 10.2. The highest BCUT2D eigenvalue weighted by Gasteiger charge is 2.00. The Morgan fingerprint density at radius 1 is 0.933 bits per heavy atom. The van der Waals surface area contributed by atoms with Gasteiger partial charge in [0, 0.05) is 5.02 Å².